The molecule has 4 rings (SSSR count). The summed E-state index contributed by atoms with van der Waals surface area (Å²) in [4.78, 5) is 11.6. The Kier molecular flexibility index (Phi) is 3.21. The molecule has 0 aliphatic carbocycles. The van der Waals surface area contributed by atoms with Crippen molar-refractivity contribution in [1.82, 2.24) is 15.0 Å². The number of rotatable bonds is 2. The van der Waals surface area contributed by atoms with E-state index >= 15 is 0 Å². The first kappa shape index (κ1) is 13.7. The van der Waals surface area contributed by atoms with Gasteiger partial charge in [0.15, 0.2) is 0 Å². The highest BCUT2D eigenvalue weighted by Crippen LogP contribution is 2.31. The normalized spacial score (nSPS) is 10.8. The molecule has 2 aromatic heterocycles. The molecule has 110 valence electrons. The van der Waals surface area contributed by atoms with Gasteiger partial charge in [0, 0.05) is 27.3 Å². The van der Waals surface area contributed by atoms with Crippen LogP contribution >= 0.6 is 15.9 Å². The summed E-state index contributed by atoms with van der Waals surface area (Å²) in [5.74, 6) is 0. The van der Waals surface area contributed by atoms with Gasteiger partial charge in [-0.15, -0.1) is 0 Å². The highest BCUT2D eigenvalue weighted by atomic mass is 79.9. The van der Waals surface area contributed by atoms with Crippen LogP contribution in [-0.4, -0.2) is 15.0 Å². The van der Waals surface area contributed by atoms with Crippen LogP contribution < -0.4 is 5.32 Å². The molecule has 2 N–H and O–H groups in total. The van der Waals surface area contributed by atoms with Crippen LogP contribution in [0.25, 0.3) is 21.9 Å². The molecule has 0 spiro atoms. The molecule has 0 radical (unpaired) electrons. The summed E-state index contributed by atoms with van der Waals surface area (Å²) in [5.41, 5.74) is 4.72. The number of hydrogen-bond donors (Lipinski definition) is 2. The molecular formula is C17H10BrN5. The van der Waals surface area contributed by atoms with Crippen LogP contribution in [0.3, 0.4) is 0 Å². The maximum Gasteiger partial charge on any atom is 0.116 e. The first-order valence-corrected chi connectivity index (χ1v) is 7.72. The van der Waals surface area contributed by atoms with Crippen LogP contribution in [0.2, 0.25) is 0 Å². The lowest BCUT2D eigenvalue weighted by molar-refractivity contribution is 1.34. The SMILES string of the molecule is N#Cc1c[nH]c2cc3ncnc3cc2c1Nc1cccc(Br)c1. The second kappa shape index (κ2) is 5.38. The number of nitrogens with zero attached hydrogens (tertiary/aromatic N) is 3. The van der Waals surface area contributed by atoms with E-state index in [0.717, 1.165) is 37.8 Å². The number of H-pyrrole nitrogens is 1. The van der Waals surface area contributed by atoms with Gasteiger partial charge in [0.2, 0.25) is 0 Å². The van der Waals surface area contributed by atoms with Crippen LogP contribution in [0.1, 0.15) is 5.56 Å². The highest BCUT2D eigenvalue weighted by Gasteiger charge is 2.11. The van der Waals surface area contributed by atoms with Gasteiger partial charge in [0.1, 0.15) is 12.4 Å². The van der Waals surface area contributed by atoms with Crippen LogP contribution in [0.15, 0.2) is 53.4 Å². The summed E-state index contributed by atoms with van der Waals surface area (Å²) >= 11 is 3.46. The summed E-state index contributed by atoms with van der Waals surface area (Å²) < 4.78 is 0.970. The molecule has 0 amide bonds. The number of aromatic nitrogens is 3. The first-order chi connectivity index (χ1) is 11.2. The Labute approximate surface area is 140 Å². The second-order valence-electron chi connectivity index (χ2n) is 5.08. The van der Waals surface area contributed by atoms with Crippen molar-refractivity contribution in [2.45, 2.75) is 0 Å². The average Bonchev–Trinajstić information content (AvgIpc) is 3.01. The van der Waals surface area contributed by atoms with Gasteiger partial charge in [-0.3, -0.25) is 0 Å². The largest absolute Gasteiger partial charge is 0.360 e. The topological polar surface area (TPSA) is 77.4 Å². The molecule has 2 heterocycles. The van der Waals surface area contributed by atoms with Crippen molar-refractivity contribution < 1.29 is 0 Å². The maximum atomic E-state index is 9.44. The highest BCUT2D eigenvalue weighted by molar-refractivity contribution is 9.10. The van der Waals surface area contributed by atoms with Crippen molar-refractivity contribution in [2.75, 3.05) is 5.32 Å². The molecule has 2 aromatic carbocycles. The van der Waals surface area contributed by atoms with Crippen molar-refractivity contribution >= 4 is 49.2 Å². The van der Waals surface area contributed by atoms with Gasteiger partial charge in [-0.2, -0.15) is 5.26 Å². The molecule has 0 aliphatic heterocycles. The fourth-order valence-electron chi connectivity index (χ4n) is 2.56. The van der Waals surface area contributed by atoms with Crippen molar-refractivity contribution in [3.8, 4) is 6.07 Å². The average molecular weight is 364 g/mol. The van der Waals surface area contributed by atoms with Gasteiger partial charge < -0.3 is 10.3 Å². The Morgan fingerprint density at radius 3 is 2.74 bits per heavy atom. The molecular weight excluding hydrogens is 354 g/mol. The fraction of sp³-hybridized carbons (Fsp3) is 0. The lowest BCUT2D eigenvalue weighted by Crippen LogP contribution is -1.97. The number of halogens is 1. The molecule has 5 nitrogen and oxygen atoms in total. The Balaban J connectivity index is 1.96. The minimum Gasteiger partial charge on any atom is -0.360 e. The lowest BCUT2D eigenvalue weighted by Gasteiger charge is -2.12. The summed E-state index contributed by atoms with van der Waals surface area (Å²) in [5, 5.41) is 13.7. The van der Waals surface area contributed by atoms with E-state index in [0.29, 0.717) is 5.56 Å². The summed E-state index contributed by atoms with van der Waals surface area (Å²) in [6, 6.07) is 13.9. The molecule has 6 heteroatoms. The molecule has 0 bridgehead atoms. The summed E-state index contributed by atoms with van der Waals surface area (Å²) in [6.07, 6.45) is 3.24. The zero-order valence-electron chi connectivity index (χ0n) is 11.8. The van der Waals surface area contributed by atoms with Crippen LogP contribution in [-0.2, 0) is 0 Å². The van der Waals surface area contributed by atoms with Crippen molar-refractivity contribution in [3.05, 3.63) is 59.0 Å². The van der Waals surface area contributed by atoms with E-state index in [4.69, 9.17) is 0 Å². The van der Waals surface area contributed by atoms with Crippen LogP contribution in [0, 0.1) is 11.3 Å². The number of anilines is 2. The molecule has 0 fully saturated rings. The number of pyridine rings is 1. The fourth-order valence-corrected chi connectivity index (χ4v) is 2.96. The van der Waals surface area contributed by atoms with Crippen LogP contribution in [0.4, 0.5) is 11.4 Å². The number of aromatic amines is 1. The molecule has 0 saturated heterocycles. The standard InChI is InChI=1S/C17H10BrN5/c18-11-2-1-3-12(4-11)23-17-10(7-19)8-20-14-6-16-15(5-13(14)17)21-9-22-16/h1-6,8-9,20,23H. The summed E-state index contributed by atoms with van der Waals surface area (Å²) in [7, 11) is 0. The van der Waals surface area contributed by atoms with E-state index in [-0.39, 0.29) is 0 Å². The van der Waals surface area contributed by atoms with E-state index in [9.17, 15) is 5.26 Å². The van der Waals surface area contributed by atoms with Gasteiger partial charge in [0.05, 0.1) is 22.3 Å². The maximum absolute atomic E-state index is 9.44. The number of fused-ring (bicyclic) bond motifs is 2. The minimum absolute atomic E-state index is 0.538. The lowest BCUT2D eigenvalue weighted by atomic mass is 10.1. The number of nitriles is 1. The summed E-state index contributed by atoms with van der Waals surface area (Å²) in [6.45, 7) is 0. The Bertz CT molecular complexity index is 1080. The smallest absolute Gasteiger partial charge is 0.116 e. The number of benzene rings is 2. The third-order valence-electron chi connectivity index (χ3n) is 3.63. The Morgan fingerprint density at radius 2 is 1.96 bits per heavy atom. The second-order valence-corrected chi connectivity index (χ2v) is 6.00. The molecule has 0 atom stereocenters. The third kappa shape index (κ3) is 2.41. The van der Waals surface area contributed by atoms with E-state index < -0.39 is 0 Å². The van der Waals surface area contributed by atoms with E-state index in [2.05, 4.69) is 42.3 Å². The van der Waals surface area contributed by atoms with E-state index in [1.54, 1.807) is 6.20 Å². The molecule has 4 aromatic rings. The molecule has 0 saturated carbocycles. The van der Waals surface area contributed by atoms with Crippen molar-refractivity contribution in [3.63, 3.8) is 0 Å². The zero-order chi connectivity index (χ0) is 15.8. The van der Waals surface area contributed by atoms with Gasteiger partial charge in [-0.05, 0) is 30.3 Å². The number of imidazole rings is 1. The van der Waals surface area contributed by atoms with Crippen molar-refractivity contribution in [2.24, 2.45) is 0 Å². The van der Waals surface area contributed by atoms with Crippen molar-refractivity contribution in [1.29, 1.82) is 5.26 Å². The van der Waals surface area contributed by atoms with E-state index in [1.165, 1.54) is 6.33 Å². The monoisotopic (exact) mass is 363 g/mol. The Hall–Kier alpha value is -2.91. The van der Waals surface area contributed by atoms with E-state index in [1.807, 2.05) is 36.4 Å². The van der Waals surface area contributed by atoms with Crippen LogP contribution in [0.5, 0.6) is 0 Å². The van der Waals surface area contributed by atoms with Gasteiger partial charge in [0.25, 0.3) is 0 Å². The number of hydrogen-bond acceptors (Lipinski definition) is 4. The third-order valence-corrected chi connectivity index (χ3v) is 4.13. The predicted octanol–water partition coefficient (Wildman–Crippen LogP) is 4.49. The van der Waals surface area contributed by atoms with Gasteiger partial charge in [-0.25, -0.2) is 9.97 Å². The minimum atomic E-state index is 0.538. The van der Waals surface area contributed by atoms with Gasteiger partial charge in [-0.1, -0.05) is 22.0 Å². The predicted molar refractivity (Wildman–Crippen MR) is 93.5 cm³/mol. The zero-order valence-corrected chi connectivity index (χ0v) is 13.4. The molecule has 0 unspecified atom stereocenters. The number of nitrogens with one attached hydrogen (secondary N) is 2. The molecule has 0 aliphatic rings. The molecule has 23 heavy (non-hydrogen) atoms. The van der Waals surface area contributed by atoms with Gasteiger partial charge >= 0.3 is 0 Å². The first-order valence-electron chi connectivity index (χ1n) is 6.93. The Morgan fingerprint density at radius 1 is 1.13 bits per heavy atom. The quantitative estimate of drug-likeness (QED) is 0.549.